The average Bonchev–Trinajstić information content (AvgIpc) is 1.89. The van der Waals surface area contributed by atoms with Crippen LogP contribution in [0.4, 0.5) is 0 Å². The van der Waals surface area contributed by atoms with Crippen molar-refractivity contribution in [3.05, 3.63) is 0 Å². The van der Waals surface area contributed by atoms with E-state index in [-0.39, 0.29) is 24.8 Å². The van der Waals surface area contributed by atoms with Gasteiger partial charge in [0.2, 0.25) is 0 Å². The molecule has 0 aliphatic carbocycles. The minimum absolute atomic E-state index is 0. The second-order valence-electron chi connectivity index (χ2n) is 2.46. The molecule has 0 nitrogen and oxygen atoms in total. The zero-order valence-corrected chi connectivity index (χ0v) is 10.6. The van der Waals surface area contributed by atoms with Crippen molar-refractivity contribution in [3.63, 3.8) is 0 Å². The zero-order chi connectivity index (χ0) is 6.95. The average molecular weight is 233 g/mol. The van der Waals surface area contributed by atoms with Crippen molar-refractivity contribution in [2.24, 2.45) is 0 Å². The van der Waals surface area contributed by atoms with Gasteiger partial charge in [-0.05, 0) is 0 Å². The molecule has 0 rings (SSSR count). The largest absolute Gasteiger partial charge is 1.00 e. The Balaban J connectivity index is -0.000000320. The smallest absolute Gasteiger partial charge is 1.00 e. The molecule has 0 aliphatic rings. The maximum atomic E-state index is 2.28. The minimum Gasteiger partial charge on any atom is -1.00 e. The van der Waals surface area contributed by atoms with E-state index in [4.69, 9.17) is 0 Å². The maximum absolute atomic E-state index is 2.28. The van der Waals surface area contributed by atoms with Gasteiger partial charge in [0, 0.05) is 0 Å². The van der Waals surface area contributed by atoms with Crippen LogP contribution >= 0.6 is 0 Å². The molecule has 0 aliphatic heterocycles. The minimum atomic E-state index is 0. The van der Waals surface area contributed by atoms with Crippen LogP contribution in [-0.2, 0) is 19.2 Å². The van der Waals surface area contributed by atoms with Gasteiger partial charge in [-0.2, -0.15) is 0 Å². The molecule has 68 valence electrons. The predicted molar refractivity (Wildman–Crippen MR) is 39.4 cm³/mol. The predicted octanol–water partition coefficient (Wildman–Crippen LogP) is -2.49. The summed E-state index contributed by atoms with van der Waals surface area (Å²) in [4.78, 5) is 0. The first-order valence-electron chi connectivity index (χ1n) is 4.12. The molecule has 0 saturated carbocycles. The van der Waals surface area contributed by atoms with Crippen LogP contribution in [0.15, 0.2) is 0 Å². The van der Waals surface area contributed by atoms with Crippen molar-refractivity contribution in [2.45, 2.75) is 49.0 Å². The van der Waals surface area contributed by atoms with Gasteiger partial charge < -0.3 is 24.8 Å². The molecule has 0 aromatic heterocycles. The summed E-state index contributed by atoms with van der Waals surface area (Å²) in [6, 6.07) is 0. The van der Waals surface area contributed by atoms with Crippen LogP contribution in [0.1, 0.15) is 39.5 Å². The fourth-order valence-electron chi connectivity index (χ4n) is 0.729. The molecule has 0 fully saturated rings. The number of hydrogen-bond acceptors (Lipinski definition) is 0. The molecular formula is C8H18Cl2Ti. The molecule has 0 radical (unpaired) electrons. The molecule has 0 heterocycles. The standard InChI is InChI=1S/2C4H9.2ClH.Ti/c2*1-3-4-2;;;/h2*1,3-4H2,2H3;2*1H;/q;;;;+2/p-2. The summed E-state index contributed by atoms with van der Waals surface area (Å²) in [6.45, 7) is 4.57. The Hall–Kier alpha value is 1.29. The summed E-state index contributed by atoms with van der Waals surface area (Å²) in [6.07, 6.45) is 5.78. The SMILES string of the molecule is CCC[CH2][Ti+2][CH2]CCC.[Cl-].[Cl-]. The fraction of sp³-hybridized carbons (Fsp3) is 1.00. The quantitative estimate of drug-likeness (QED) is 0.352. The molecule has 0 N–H and O–H groups in total. The molecule has 0 atom stereocenters. The molecule has 0 saturated heterocycles. The van der Waals surface area contributed by atoms with Gasteiger partial charge in [0.15, 0.2) is 0 Å². The van der Waals surface area contributed by atoms with Gasteiger partial charge in [0.1, 0.15) is 0 Å². The fourth-order valence-corrected chi connectivity index (χ4v) is 3.00. The monoisotopic (exact) mass is 232 g/mol. The summed E-state index contributed by atoms with van der Waals surface area (Å²) in [5.74, 6) is 0. The van der Waals surface area contributed by atoms with E-state index in [0.29, 0.717) is 19.2 Å². The second kappa shape index (κ2) is 17.4. The normalized spacial score (nSPS) is 7.45. The molecule has 0 amide bonds. The van der Waals surface area contributed by atoms with E-state index in [1.165, 1.54) is 25.7 Å². The van der Waals surface area contributed by atoms with Gasteiger partial charge in [-0.3, -0.25) is 0 Å². The van der Waals surface area contributed by atoms with Crippen molar-refractivity contribution in [1.82, 2.24) is 0 Å². The molecule has 0 spiro atoms. The number of halogens is 2. The van der Waals surface area contributed by atoms with Crippen LogP contribution < -0.4 is 24.8 Å². The van der Waals surface area contributed by atoms with Gasteiger partial charge in [0.25, 0.3) is 0 Å². The molecule has 3 heteroatoms. The van der Waals surface area contributed by atoms with E-state index in [2.05, 4.69) is 13.8 Å². The Morgan fingerprint density at radius 3 is 1.45 bits per heavy atom. The van der Waals surface area contributed by atoms with E-state index in [1.807, 2.05) is 0 Å². The number of rotatable bonds is 6. The Kier molecular flexibility index (Phi) is 28.7. The van der Waals surface area contributed by atoms with Crippen LogP contribution in [0.5, 0.6) is 0 Å². The summed E-state index contributed by atoms with van der Waals surface area (Å²) in [7, 11) is 0. The third kappa shape index (κ3) is 18.3. The topological polar surface area (TPSA) is 0 Å². The first kappa shape index (κ1) is 18.2. The van der Waals surface area contributed by atoms with Crippen molar-refractivity contribution in [3.8, 4) is 0 Å². The van der Waals surface area contributed by atoms with Crippen LogP contribution in [0.2, 0.25) is 9.45 Å². The first-order chi connectivity index (χ1) is 4.41. The third-order valence-corrected chi connectivity index (χ3v) is 3.62. The van der Waals surface area contributed by atoms with E-state index in [9.17, 15) is 0 Å². The summed E-state index contributed by atoms with van der Waals surface area (Å²) < 4.78 is 3.16. The molecule has 11 heavy (non-hydrogen) atoms. The van der Waals surface area contributed by atoms with Crippen LogP contribution in [0.3, 0.4) is 0 Å². The summed E-state index contributed by atoms with van der Waals surface area (Å²) in [5, 5.41) is 0. The van der Waals surface area contributed by atoms with E-state index >= 15 is 0 Å². The van der Waals surface area contributed by atoms with Crippen molar-refractivity contribution in [2.75, 3.05) is 0 Å². The summed E-state index contributed by atoms with van der Waals surface area (Å²) in [5.41, 5.74) is 0. The Bertz CT molecular complexity index is 45.4. The van der Waals surface area contributed by atoms with E-state index in [0.717, 1.165) is 0 Å². The van der Waals surface area contributed by atoms with Crippen LogP contribution in [0.25, 0.3) is 0 Å². The Morgan fingerprint density at radius 2 is 1.18 bits per heavy atom. The van der Waals surface area contributed by atoms with Gasteiger partial charge in [-0.1, -0.05) is 0 Å². The van der Waals surface area contributed by atoms with Gasteiger partial charge in [0.05, 0.1) is 0 Å². The van der Waals surface area contributed by atoms with Crippen molar-refractivity contribution in [1.29, 1.82) is 0 Å². The first-order valence-corrected chi connectivity index (χ1v) is 6.33. The molecule has 0 aromatic rings. The molecule has 0 aromatic carbocycles. The van der Waals surface area contributed by atoms with Crippen molar-refractivity contribution >= 4 is 0 Å². The molecular weight excluding hydrogens is 215 g/mol. The van der Waals surface area contributed by atoms with Gasteiger partial charge >= 0.3 is 68.1 Å². The maximum Gasteiger partial charge on any atom is -1.00 e. The third-order valence-electron chi connectivity index (χ3n) is 1.41. The van der Waals surface area contributed by atoms with Crippen LogP contribution in [0, 0.1) is 0 Å². The Morgan fingerprint density at radius 1 is 0.818 bits per heavy atom. The second-order valence-corrected chi connectivity index (χ2v) is 4.80. The van der Waals surface area contributed by atoms with Crippen LogP contribution in [-0.4, -0.2) is 0 Å². The molecule has 0 bridgehead atoms. The zero-order valence-electron chi connectivity index (χ0n) is 7.50. The van der Waals surface area contributed by atoms with Gasteiger partial charge in [-0.25, -0.2) is 0 Å². The van der Waals surface area contributed by atoms with E-state index < -0.39 is 0 Å². The van der Waals surface area contributed by atoms with E-state index in [1.54, 1.807) is 9.45 Å². The summed E-state index contributed by atoms with van der Waals surface area (Å²) >= 11 is 0.496. The Labute approximate surface area is 92.7 Å². The van der Waals surface area contributed by atoms with Crippen molar-refractivity contribution < 1.29 is 44.0 Å². The number of unbranched alkanes of at least 4 members (excludes halogenated alkanes) is 2. The number of hydrogen-bond donors (Lipinski definition) is 0. The van der Waals surface area contributed by atoms with Gasteiger partial charge in [-0.15, -0.1) is 0 Å². The molecule has 0 unspecified atom stereocenters.